The van der Waals surface area contributed by atoms with Crippen LogP contribution >= 0.6 is 11.3 Å². The molecular weight excluding hydrogens is 378 g/mol. The summed E-state index contributed by atoms with van der Waals surface area (Å²) < 4.78 is 10.5. The number of benzene rings is 1. The van der Waals surface area contributed by atoms with E-state index in [-0.39, 0.29) is 12.6 Å². The number of rotatable bonds is 4. The van der Waals surface area contributed by atoms with E-state index in [0.29, 0.717) is 11.6 Å². The Bertz CT molecular complexity index is 830. The molecule has 0 saturated carbocycles. The van der Waals surface area contributed by atoms with Gasteiger partial charge in [-0.1, -0.05) is 30.3 Å². The molecule has 3 rings (SSSR count). The molecular formula is C20H25N3O4S. The van der Waals surface area contributed by atoms with Crippen LogP contribution < -0.4 is 10.6 Å². The number of hydrogen-bond acceptors (Lipinski definition) is 6. The molecule has 7 nitrogen and oxygen atoms in total. The van der Waals surface area contributed by atoms with E-state index in [1.165, 1.54) is 11.3 Å². The predicted octanol–water partition coefficient (Wildman–Crippen LogP) is 4.27. The van der Waals surface area contributed by atoms with Crippen molar-refractivity contribution in [1.82, 2.24) is 10.3 Å². The molecule has 0 bridgehead atoms. The molecule has 2 amide bonds. The van der Waals surface area contributed by atoms with Crippen molar-refractivity contribution in [1.29, 1.82) is 0 Å². The predicted molar refractivity (Wildman–Crippen MR) is 108 cm³/mol. The number of fused-ring (bicyclic) bond motifs is 1. The van der Waals surface area contributed by atoms with Crippen molar-refractivity contribution >= 4 is 28.7 Å². The zero-order chi connectivity index (χ0) is 20.1. The van der Waals surface area contributed by atoms with Crippen LogP contribution in [0.15, 0.2) is 30.3 Å². The lowest BCUT2D eigenvalue weighted by molar-refractivity contribution is 0.0500. The molecule has 2 aromatic rings. The number of aromatic nitrogens is 1. The van der Waals surface area contributed by atoms with Crippen molar-refractivity contribution in [2.45, 2.75) is 58.3 Å². The van der Waals surface area contributed by atoms with Gasteiger partial charge in [0, 0.05) is 17.3 Å². The summed E-state index contributed by atoms with van der Waals surface area (Å²) in [5.74, 6) is 0. The summed E-state index contributed by atoms with van der Waals surface area (Å²) in [5.41, 5.74) is 1.36. The Morgan fingerprint density at radius 1 is 1.21 bits per heavy atom. The summed E-state index contributed by atoms with van der Waals surface area (Å²) in [6.45, 7) is 5.72. The minimum Gasteiger partial charge on any atom is -0.444 e. The largest absolute Gasteiger partial charge is 0.444 e. The summed E-state index contributed by atoms with van der Waals surface area (Å²) in [6, 6.07) is 9.50. The first-order valence-corrected chi connectivity index (χ1v) is 10.1. The van der Waals surface area contributed by atoms with Gasteiger partial charge in [-0.3, -0.25) is 5.32 Å². The molecule has 1 aromatic carbocycles. The zero-order valence-electron chi connectivity index (χ0n) is 16.3. The van der Waals surface area contributed by atoms with Crippen LogP contribution in [0.3, 0.4) is 0 Å². The van der Waals surface area contributed by atoms with Gasteiger partial charge in [0.25, 0.3) is 0 Å². The van der Waals surface area contributed by atoms with E-state index < -0.39 is 17.8 Å². The monoisotopic (exact) mass is 403 g/mol. The van der Waals surface area contributed by atoms with Crippen LogP contribution in [0.4, 0.5) is 14.7 Å². The van der Waals surface area contributed by atoms with Gasteiger partial charge in [0.05, 0.1) is 5.69 Å². The molecule has 0 radical (unpaired) electrons. The smallest absolute Gasteiger partial charge is 0.413 e. The first-order valence-electron chi connectivity index (χ1n) is 9.24. The summed E-state index contributed by atoms with van der Waals surface area (Å²) >= 11 is 1.41. The highest BCUT2D eigenvalue weighted by Crippen LogP contribution is 2.30. The second kappa shape index (κ2) is 8.60. The number of ether oxygens (including phenoxy) is 2. The lowest BCUT2D eigenvalue weighted by Crippen LogP contribution is -2.41. The van der Waals surface area contributed by atoms with E-state index >= 15 is 0 Å². The fraction of sp³-hybridized carbons (Fsp3) is 0.450. The van der Waals surface area contributed by atoms with Gasteiger partial charge in [0.1, 0.15) is 12.2 Å². The van der Waals surface area contributed by atoms with Crippen molar-refractivity contribution in [3.63, 3.8) is 0 Å². The number of hydrogen-bond donors (Lipinski definition) is 2. The highest BCUT2D eigenvalue weighted by atomic mass is 32.1. The number of nitrogens with one attached hydrogen (secondary N) is 2. The van der Waals surface area contributed by atoms with E-state index in [0.717, 1.165) is 29.0 Å². The summed E-state index contributed by atoms with van der Waals surface area (Å²) in [6.07, 6.45) is 1.26. The lowest BCUT2D eigenvalue weighted by atomic mass is 9.98. The van der Waals surface area contributed by atoms with Crippen LogP contribution in [0.1, 0.15) is 43.3 Å². The van der Waals surface area contributed by atoms with Crippen LogP contribution in [0.25, 0.3) is 0 Å². The Labute approximate surface area is 168 Å². The molecule has 1 heterocycles. The SMILES string of the molecule is CC(C)(C)OC(=O)N[C@H]1CCc2nc(NC(=O)OCc3ccccc3)sc2C1. The lowest BCUT2D eigenvalue weighted by Gasteiger charge is -2.25. The van der Waals surface area contributed by atoms with Crippen LogP contribution in [0.2, 0.25) is 0 Å². The number of anilines is 1. The molecule has 150 valence electrons. The third-order valence-electron chi connectivity index (χ3n) is 4.08. The standard InChI is InChI=1S/C20H25N3O4S/c1-20(2,3)27-19(25)21-14-9-10-15-16(11-14)28-17(22-15)23-18(24)26-12-13-7-5-4-6-8-13/h4-8,14H,9-12H2,1-3H3,(H,21,25)(H,22,23,24)/t14-/m0/s1. The number of thiazole rings is 1. The summed E-state index contributed by atoms with van der Waals surface area (Å²) in [7, 11) is 0. The number of aryl methyl sites for hydroxylation is 1. The molecule has 2 N–H and O–H groups in total. The van der Waals surface area contributed by atoms with Crippen molar-refractivity contribution in [2.75, 3.05) is 5.32 Å². The molecule has 28 heavy (non-hydrogen) atoms. The molecule has 0 aliphatic heterocycles. The molecule has 0 fully saturated rings. The summed E-state index contributed by atoms with van der Waals surface area (Å²) in [5, 5.41) is 6.12. The highest BCUT2D eigenvalue weighted by molar-refractivity contribution is 7.15. The number of nitrogens with zero attached hydrogens (tertiary/aromatic N) is 1. The van der Waals surface area contributed by atoms with Gasteiger partial charge >= 0.3 is 12.2 Å². The van der Waals surface area contributed by atoms with Crippen molar-refractivity contribution in [3.05, 3.63) is 46.5 Å². The first kappa shape index (κ1) is 20.1. The van der Waals surface area contributed by atoms with Gasteiger partial charge < -0.3 is 14.8 Å². The highest BCUT2D eigenvalue weighted by Gasteiger charge is 2.26. The quantitative estimate of drug-likeness (QED) is 0.796. The van der Waals surface area contributed by atoms with E-state index in [1.807, 2.05) is 51.1 Å². The fourth-order valence-corrected chi connectivity index (χ4v) is 3.95. The number of amides is 2. The molecule has 1 aromatic heterocycles. The number of carbonyl (C=O) groups excluding carboxylic acids is 2. The first-order chi connectivity index (χ1) is 13.3. The van der Waals surface area contributed by atoms with Gasteiger partial charge in [-0.25, -0.2) is 14.6 Å². The molecule has 8 heteroatoms. The third-order valence-corrected chi connectivity index (χ3v) is 5.12. The van der Waals surface area contributed by atoms with Crippen molar-refractivity contribution < 1.29 is 19.1 Å². The molecule has 0 unspecified atom stereocenters. The second-order valence-electron chi connectivity index (χ2n) is 7.66. The van der Waals surface area contributed by atoms with Gasteiger partial charge in [-0.15, -0.1) is 11.3 Å². The van der Waals surface area contributed by atoms with E-state index in [9.17, 15) is 9.59 Å². The second-order valence-corrected chi connectivity index (χ2v) is 8.75. The summed E-state index contributed by atoms with van der Waals surface area (Å²) in [4.78, 5) is 29.5. The molecule has 1 aliphatic rings. The van der Waals surface area contributed by atoms with Gasteiger partial charge in [-0.05, 0) is 39.2 Å². The van der Waals surface area contributed by atoms with E-state index in [4.69, 9.17) is 9.47 Å². The Morgan fingerprint density at radius 3 is 2.68 bits per heavy atom. The van der Waals surface area contributed by atoms with Crippen LogP contribution in [0, 0.1) is 0 Å². The van der Waals surface area contributed by atoms with Gasteiger partial charge in [-0.2, -0.15) is 0 Å². The van der Waals surface area contributed by atoms with E-state index in [2.05, 4.69) is 15.6 Å². The Kier molecular flexibility index (Phi) is 6.18. The Hall–Kier alpha value is -2.61. The fourth-order valence-electron chi connectivity index (χ4n) is 2.87. The number of carbonyl (C=O) groups is 2. The molecule has 0 spiro atoms. The van der Waals surface area contributed by atoms with E-state index in [1.54, 1.807) is 0 Å². The van der Waals surface area contributed by atoms with Crippen molar-refractivity contribution in [3.8, 4) is 0 Å². The maximum absolute atomic E-state index is 12.0. The molecule has 1 aliphatic carbocycles. The maximum atomic E-state index is 12.0. The average Bonchev–Trinajstić information content (AvgIpc) is 3.00. The third kappa shape index (κ3) is 5.95. The molecule has 0 saturated heterocycles. The van der Waals surface area contributed by atoms with Crippen LogP contribution in [-0.2, 0) is 28.9 Å². The van der Waals surface area contributed by atoms with Crippen LogP contribution in [0.5, 0.6) is 0 Å². The number of alkyl carbamates (subject to hydrolysis) is 1. The average molecular weight is 404 g/mol. The Morgan fingerprint density at radius 2 is 1.96 bits per heavy atom. The van der Waals surface area contributed by atoms with Crippen molar-refractivity contribution in [2.24, 2.45) is 0 Å². The molecule has 1 atom stereocenters. The van der Waals surface area contributed by atoms with Gasteiger partial charge in [0.15, 0.2) is 5.13 Å². The zero-order valence-corrected chi connectivity index (χ0v) is 17.1. The van der Waals surface area contributed by atoms with Crippen LogP contribution in [-0.4, -0.2) is 28.8 Å². The minimum atomic E-state index is -0.529. The normalized spacial score (nSPS) is 16.0. The van der Waals surface area contributed by atoms with Gasteiger partial charge in [0.2, 0.25) is 0 Å². The Balaban J connectivity index is 1.50. The minimum absolute atomic E-state index is 0.000632. The maximum Gasteiger partial charge on any atom is 0.413 e. The topological polar surface area (TPSA) is 89.5 Å².